The van der Waals surface area contributed by atoms with Gasteiger partial charge >= 0.3 is 6.01 Å². The molecule has 0 aliphatic heterocycles. The molecule has 0 aliphatic rings. The number of furan rings is 1. The number of fused-ring (bicyclic) bond motifs is 1. The van der Waals surface area contributed by atoms with Gasteiger partial charge in [0.15, 0.2) is 0 Å². The Bertz CT molecular complexity index is 732. The van der Waals surface area contributed by atoms with Gasteiger partial charge < -0.3 is 14.5 Å². The van der Waals surface area contributed by atoms with Gasteiger partial charge in [0.1, 0.15) is 24.3 Å². The van der Waals surface area contributed by atoms with Crippen molar-refractivity contribution in [3.63, 3.8) is 0 Å². The van der Waals surface area contributed by atoms with E-state index in [-0.39, 0.29) is 0 Å². The quantitative estimate of drug-likeness (QED) is 0.753. The molecule has 0 saturated carbocycles. The highest BCUT2D eigenvalue weighted by Gasteiger charge is 2.14. The highest BCUT2D eigenvalue weighted by atomic mass is 16.5. The minimum atomic E-state index is 0.372. The van der Waals surface area contributed by atoms with E-state index in [4.69, 9.17) is 9.15 Å². The highest BCUT2D eigenvalue weighted by molar-refractivity contribution is 5.82. The van der Waals surface area contributed by atoms with Crippen LogP contribution in [0, 0.1) is 0 Å². The fraction of sp³-hybridized carbons (Fsp3) is 0.333. The zero-order valence-corrected chi connectivity index (χ0v) is 12.2. The van der Waals surface area contributed by atoms with Gasteiger partial charge in [0, 0.05) is 18.0 Å². The van der Waals surface area contributed by atoms with Gasteiger partial charge in [-0.05, 0) is 12.6 Å². The number of ether oxygens (including phenoxy) is 1. The normalized spacial score (nSPS) is 11.1. The molecule has 0 aliphatic carbocycles. The van der Waals surface area contributed by atoms with Crippen LogP contribution < -0.4 is 10.1 Å². The number of rotatable bonds is 6. The van der Waals surface area contributed by atoms with Crippen molar-refractivity contribution >= 4 is 11.0 Å². The second-order valence-electron chi connectivity index (χ2n) is 4.77. The summed E-state index contributed by atoms with van der Waals surface area (Å²) in [5.41, 5.74) is 1.91. The molecule has 3 aromatic rings. The van der Waals surface area contributed by atoms with Crippen molar-refractivity contribution in [2.45, 2.75) is 20.1 Å². The number of benzene rings is 1. The second-order valence-corrected chi connectivity index (χ2v) is 4.77. The highest BCUT2D eigenvalue weighted by Crippen LogP contribution is 2.26. The maximum atomic E-state index is 5.91. The third-order valence-corrected chi connectivity index (χ3v) is 3.24. The van der Waals surface area contributed by atoms with Gasteiger partial charge in [-0.15, -0.1) is 5.10 Å². The monoisotopic (exact) mass is 286 g/mol. The standard InChI is InChI=1S/C15H18N4O2/c1-3-16-8-14-12(9-20-15-17-10-19(2)18-15)11-6-4-5-7-13(11)21-14/h4-7,10,16H,3,8-9H2,1-2H3. The van der Waals surface area contributed by atoms with Crippen molar-refractivity contribution in [3.05, 3.63) is 41.9 Å². The largest absolute Gasteiger partial charge is 0.459 e. The molecule has 6 nitrogen and oxygen atoms in total. The van der Waals surface area contributed by atoms with Gasteiger partial charge in [-0.25, -0.2) is 0 Å². The lowest BCUT2D eigenvalue weighted by atomic mass is 10.1. The molecule has 2 heterocycles. The van der Waals surface area contributed by atoms with E-state index in [1.54, 1.807) is 11.0 Å². The van der Waals surface area contributed by atoms with E-state index < -0.39 is 0 Å². The summed E-state index contributed by atoms with van der Waals surface area (Å²) in [5, 5.41) is 8.47. The number of hydrogen-bond acceptors (Lipinski definition) is 5. The van der Waals surface area contributed by atoms with Crippen LogP contribution in [0.1, 0.15) is 18.2 Å². The molecule has 0 spiro atoms. The summed E-state index contributed by atoms with van der Waals surface area (Å²) in [4.78, 5) is 4.07. The SMILES string of the molecule is CCNCc1oc2ccccc2c1COc1ncn(C)n1. The lowest BCUT2D eigenvalue weighted by Crippen LogP contribution is -2.13. The van der Waals surface area contributed by atoms with E-state index in [1.165, 1.54) is 0 Å². The maximum absolute atomic E-state index is 5.91. The smallest absolute Gasteiger partial charge is 0.335 e. The molecule has 0 fully saturated rings. The lowest BCUT2D eigenvalue weighted by molar-refractivity contribution is 0.277. The first kappa shape index (κ1) is 13.6. The first-order chi connectivity index (χ1) is 10.3. The van der Waals surface area contributed by atoms with Gasteiger partial charge in [0.2, 0.25) is 0 Å². The summed E-state index contributed by atoms with van der Waals surface area (Å²) in [6.45, 7) is 4.02. The average molecular weight is 286 g/mol. The maximum Gasteiger partial charge on any atom is 0.335 e. The third-order valence-electron chi connectivity index (χ3n) is 3.24. The number of nitrogens with zero attached hydrogens (tertiary/aromatic N) is 3. The molecule has 0 amide bonds. The summed E-state index contributed by atoms with van der Waals surface area (Å²) < 4.78 is 13.2. The van der Waals surface area contributed by atoms with Crippen LogP contribution in [-0.4, -0.2) is 21.3 Å². The van der Waals surface area contributed by atoms with Gasteiger partial charge in [-0.2, -0.15) is 4.98 Å². The van der Waals surface area contributed by atoms with Crippen LogP contribution in [0.2, 0.25) is 0 Å². The van der Waals surface area contributed by atoms with Gasteiger partial charge in [0.05, 0.1) is 6.54 Å². The predicted octanol–water partition coefficient (Wildman–Crippen LogP) is 2.25. The minimum Gasteiger partial charge on any atom is -0.459 e. The van der Waals surface area contributed by atoms with Crippen molar-refractivity contribution in [1.82, 2.24) is 20.1 Å². The Morgan fingerprint density at radius 2 is 2.19 bits per heavy atom. The second kappa shape index (κ2) is 5.97. The van der Waals surface area contributed by atoms with E-state index in [1.807, 2.05) is 31.3 Å². The Morgan fingerprint density at radius 1 is 1.33 bits per heavy atom. The first-order valence-corrected chi connectivity index (χ1v) is 6.96. The summed E-state index contributed by atoms with van der Waals surface area (Å²) in [5.74, 6) is 0.897. The van der Waals surface area contributed by atoms with Crippen LogP contribution in [0.5, 0.6) is 6.01 Å². The number of aryl methyl sites for hydroxylation is 1. The zero-order chi connectivity index (χ0) is 14.7. The Hall–Kier alpha value is -2.34. The van der Waals surface area contributed by atoms with E-state index in [0.717, 1.165) is 28.8 Å². The molecule has 0 radical (unpaired) electrons. The first-order valence-electron chi connectivity index (χ1n) is 6.96. The molecule has 1 aromatic carbocycles. The van der Waals surface area contributed by atoms with Crippen LogP contribution in [0.15, 0.2) is 35.0 Å². The van der Waals surface area contributed by atoms with Crippen LogP contribution in [0.4, 0.5) is 0 Å². The predicted molar refractivity (Wildman–Crippen MR) is 78.9 cm³/mol. The molecular formula is C15H18N4O2. The summed E-state index contributed by atoms with van der Waals surface area (Å²) in [6.07, 6.45) is 1.61. The Morgan fingerprint density at radius 3 is 2.95 bits per heavy atom. The molecule has 21 heavy (non-hydrogen) atoms. The average Bonchev–Trinajstić information content (AvgIpc) is 3.06. The Kier molecular flexibility index (Phi) is 3.87. The Labute approximate surface area is 122 Å². The van der Waals surface area contributed by atoms with E-state index >= 15 is 0 Å². The molecule has 110 valence electrons. The van der Waals surface area contributed by atoms with E-state index in [2.05, 4.69) is 22.3 Å². The van der Waals surface area contributed by atoms with Crippen LogP contribution in [0.3, 0.4) is 0 Å². The molecule has 2 aromatic heterocycles. The molecule has 0 bridgehead atoms. The number of aromatic nitrogens is 3. The van der Waals surface area contributed by atoms with Crippen LogP contribution in [0.25, 0.3) is 11.0 Å². The molecule has 0 unspecified atom stereocenters. The van der Waals surface area contributed by atoms with Crippen molar-refractivity contribution in [2.24, 2.45) is 7.05 Å². The molecular weight excluding hydrogens is 268 g/mol. The van der Waals surface area contributed by atoms with Gasteiger partial charge in [-0.3, -0.25) is 4.68 Å². The van der Waals surface area contributed by atoms with Crippen molar-refractivity contribution in [3.8, 4) is 6.01 Å². The molecule has 1 N–H and O–H groups in total. The number of para-hydroxylation sites is 1. The Balaban J connectivity index is 1.87. The van der Waals surface area contributed by atoms with Crippen LogP contribution >= 0.6 is 0 Å². The minimum absolute atomic E-state index is 0.372. The topological polar surface area (TPSA) is 65.1 Å². The summed E-state index contributed by atoms with van der Waals surface area (Å²) in [7, 11) is 1.81. The lowest BCUT2D eigenvalue weighted by Gasteiger charge is -2.04. The fourth-order valence-electron chi connectivity index (χ4n) is 2.21. The molecule has 0 saturated heterocycles. The fourth-order valence-corrected chi connectivity index (χ4v) is 2.21. The molecule has 6 heteroatoms. The summed E-state index contributed by atoms with van der Waals surface area (Å²) in [6, 6.07) is 8.34. The van der Waals surface area contributed by atoms with Crippen LogP contribution in [-0.2, 0) is 20.2 Å². The van der Waals surface area contributed by atoms with Gasteiger partial charge in [-0.1, -0.05) is 25.1 Å². The van der Waals surface area contributed by atoms with Crippen molar-refractivity contribution in [2.75, 3.05) is 6.54 Å². The zero-order valence-electron chi connectivity index (χ0n) is 12.2. The molecule has 3 rings (SSSR count). The summed E-state index contributed by atoms with van der Waals surface area (Å²) >= 11 is 0. The third kappa shape index (κ3) is 2.90. The molecule has 0 atom stereocenters. The number of nitrogens with one attached hydrogen (secondary N) is 1. The van der Waals surface area contributed by atoms with Gasteiger partial charge in [0.25, 0.3) is 0 Å². The van der Waals surface area contributed by atoms with Crippen molar-refractivity contribution in [1.29, 1.82) is 0 Å². The van der Waals surface area contributed by atoms with E-state index in [0.29, 0.717) is 19.2 Å². The number of hydrogen-bond donors (Lipinski definition) is 1. The van der Waals surface area contributed by atoms with E-state index in [9.17, 15) is 0 Å². The van der Waals surface area contributed by atoms with Crippen molar-refractivity contribution < 1.29 is 9.15 Å².